The van der Waals surface area contributed by atoms with Gasteiger partial charge in [0.25, 0.3) is 0 Å². The van der Waals surface area contributed by atoms with Crippen molar-refractivity contribution >= 4 is 0 Å². The number of hydrogen-bond donors (Lipinski definition) is 1. The van der Waals surface area contributed by atoms with E-state index in [-0.39, 0.29) is 6.61 Å². The molecule has 0 radical (unpaired) electrons. The van der Waals surface area contributed by atoms with Crippen LogP contribution < -0.4 is 4.74 Å². The first-order chi connectivity index (χ1) is 11.5. The second kappa shape index (κ2) is 9.40. The predicted molar refractivity (Wildman–Crippen MR) is 99.9 cm³/mol. The number of hydrogen-bond acceptors (Lipinski definition) is 4. The molecule has 4 nitrogen and oxygen atoms in total. The Balaban J connectivity index is 1.73. The van der Waals surface area contributed by atoms with Gasteiger partial charge in [-0.1, -0.05) is 26.8 Å². The van der Waals surface area contributed by atoms with Crippen LogP contribution in [0.5, 0.6) is 5.75 Å². The zero-order chi connectivity index (χ0) is 17.5. The second-order valence-electron chi connectivity index (χ2n) is 7.14. The second-order valence-corrected chi connectivity index (χ2v) is 7.14. The third kappa shape index (κ3) is 5.20. The first-order valence-electron chi connectivity index (χ1n) is 9.35. The summed E-state index contributed by atoms with van der Waals surface area (Å²) in [5.74, 6) is 1.53. The van der Waals surface area contributed by atoms with Crippen LogP contribution in [-0.4, -0.2) is 66.9 Å². The maximum Gasteiger partial charge on any atom is 0.119 e. The SMILES string of the molecule is CCC(CO)N1CCN(CCOc2ccc(C(C)C)c(C)c2)CC1. The number of nitrogens with zero attached hydrogens (tertiary/aromatic N) is 2. The highest BCUT2D eigenvalue weighted by molar-refractivity contribution is 5.36. The molecule has 0 bridgehead atoms. The molecule has 0 amide bonds. The van der Waals surface area contributed by atoms with Crippen molar-refractivity contribution in [3.05, 3.63) is 29.3 Å². The lowest BCUT2D eigenvalue weighted by Crippen LogP contribution is -2.51. The largest absolute Gasteiger partial charge is 0.492 e. The Morgan fingerprint density at radius 2 is 1.88 bits per heavy atom. The van der Waals surface area contributed by atoms with Crippen molar-refractivity contribution in [2.75, 3.05) is 45.9 Å². The third-order valence-electron chi connectivity index (χ3n) is 5.14. The molecule has 4 heteroatoms. The van der Waals surface area contributed by atoms with Gasteiger partial charge in [0.15, 0.2) is 0 Å². The Morgan fingerprint density at radius 3 is 2.42 bits per heavy atom. The topological polar surface area (TPSA) is 35.9 Å². The summed E-state index contributed by atoms with van der Waals surface area (Å²) >= 11 is 0. The molecule has 1 aromatic rings. The molecule has 1 saturated heterocycles. The first kappa shape index (κ1) is 19.2. The van der Waals surface area contributed by atoms with Crippen molar-refractivity contribution in [1.82, 2.24) is 9.80 Å². The van der Waals surface area contributed by atoms with Crippen LogP contribution in [0.4, 0.5) is 0 Å². The number of piperazine rings is 1. The molecule has 1 unspecified atom stereocenters. The summed E-state index contributed by atoms with van der Waals surface area (Å²) in [4.78, 5) is 4.86. The third-order valence-corrected chi connectivity index (χ3v) is 5.14. The van der Waals surface area contributed by atoms with Crippen LogP contribution in [0.2, 0.25) is 0 Å². The molecule has 1 heterocycles. The maximum atomic E-state index is 9.41. The normalized spacial score (nSPS) is 18.1. The van der Waals surface area contributed by atoms with Crippen LogP contribution in [0, 0.1) is 6.92 Å². The lowest BCUT2D eigenvalue weighted by molar-refractivity contribution is 0.0584. The summed E-state index contributed by atoms with van der Waals surface area (Å²) in [5, 5.41) is 9.41. The van der Waals surface area contributed by atoms with Crippen molar-refractivity contribution in [3.63, 3.8) is 0 Å². The number of aryl methyl sites for hydroxylation is 1. The smallest absolute Gasteiger partial charge is 0.119 e. The Morgan fingerprint density at radius 1 is 1.17 bits per heavy atom. The Bertz CT molecular complexity index is 492. The summed E-state index contributed by atoms with van der Waals surface area (Å²) in [7, 11) is 0. The standard InChI is InChI=1S/C20H34N2O2/c1-5-18(15-23)22-10-8-21(9-11-22)12-13-24-19-6-7-20(16(2)3)17(4)14-19/h6-7,14,16,18,23H,5,8-13,15H2,1-4H3. The Kier molecular flexibility index (Phi) is 7.53. The van der Waals surface area contributed by atoms with Gasteiger partial charge in [-0.15, -0.1) is 0 Å². The van der Waals surface area contributed by atoms with Crippen LogP contribution in [0.3, 0.4) is 0 Å². The summed E-state index contributed by atoms with van der Waals surface area (Å²) in [5.41, 5.74) is 2.71. The fraction of sp³-hybridized carbons (Fsp3) is 0.700. The van der Waals surface area contributed by atoms with Gasteiger partial charge in [-0.25, -0.2) is 0 Å². The van der Waals surface area contributed by atoms with Crippen molar-refractivity contribution in [3.8, 4) is 5.75 Å². The van der Waals surface area contributed by atoms with Crippen molar-refractivity contribution in [2.24, 2.45) is 0 Å². The van der Waals surface area contributed by atoms with E-state index in [0.717, 1.165) is 51.5 Å². The van der Waals surface area contributed by atoms with E-state index in [0.29, 0.717) is 12.0 Å². The number of rotatable bonds is 8. The minimum atomic E-state index is 0.269. The number of benzene rings is 1. The summed E-state index contributed by atoms with van der Waals surface area (Å²) < 4.78 is 5.95. The van der Waals surface area contributed by atoms with Crippen molar-refractivity contribution in [1.29, 1.82) is 0 Å². The molecule has 136 valence electrons. The van der Waals surface area contributed by atoms with Gasteiger partial charge in [0.05, 0.1) is 6.61 Å². The van der Waals surface area contributed by atoms with E-state index in [4.69, 9.17) is 4.74 Å². The lowest BCUT2D eigenvalue weighted by atomic mass is 9.98. The number of ether oxygens (including phenoxy) is 1. The van der Waals surface area contributed by atoms with Crippen LogP contribution in [0.25, 0.3) is 0 Å². The highest BCUT2D eigenvalue weighted by Gasteiger charge is 2.21. The zero-order valence-electron chi connectivity index (χ0n) is 15.8. The van der Waals surface area contributed by atoms with Crippen molar-refractivity contribution in [2.45, 2.75) is 46.1 Å². The van der Waals surface area contributed by atoms with Crippen LogP contribution >= 0.6 is 0 Å². The zero-order valence-corrected chi connectivity index (χ0v) is 15.8. The average molecular weight is 335 g/mol. The quantitative estimate of drug-likeness (QED) is 0.793. The molecule has 2 rings (SSSR count). The maximum absolute atomic E-state index is 9.41. The molecule has 0 spiro atoms. The van der Waals surface area contributed by atoms with Gasteiger partial charge in [-0.05, 0) is 42.5 Å². The van der Waals surface area contributed by atoms with Crippen LogP contribution in [0.1, 0.15) is 44.2 Å². The highest BCUT2D eigenvalue weighted by atomic mass is 16.5. The minimum absolute atomic E-state index is 0.269. The minimum Gasteiger partial charge on any atom is -0.492 e. The summed E-state index contributed by atoms with van der Waals surface area (Å²) in [6.45, 7) is 14.9. The molecule has 24 heavy (non-hydrogen) atoms. The molecule has 0 aliphatic carbocycles. The Labute approximate surface area is 147 Å². The van der Waals surface area contributed by atoms with Gasteiger partial charge < -0.3 is 9.84 Å². The van der Waals surface area contributed by atoms with E-state index in [1.165, 1.54) is 11.1 Å². The van der Waals surface area contributed by atoms with Crippen LogP contribution in [-0.2, 0) is 0 Å². The fourth-order valence-corrected chi connectivity index (χ4v) is 3.53. The molecule has 1 atom stereocenters. The summed E-state index contributed by atoms with van der Waals surface area (Å²) in [6.07, 6.45) is 1.02. The average Bonchev–Trinajstić information content (AvgIpc) is 2.57. The van der Waals surface area contributed by atoms with E-state index in [1.54, 1.807) is 0 Å². The van der Waals surface area contributed by atoms with Gasteiger partial charge in [0, 0.05) is 38.8 Å². The predicted octanol–water partition coefficient (Wildman–Crippen LogP) is 2.89. The van der Waals surface area contributed by atoms with E-state index in [1.807, 2.05) is 0 Å². The first-order valence-corrected chi connectivity index (χ1v) is 9.35. The molecule has 0 saturated carbocycles. The van der Waals surface area contributed by atoms with Gasteiger partial charge >= 0.3 is 0 Å². The molecule has 1 aliphatic rings. The monoisotopic (exact) mass is 334 g/mol. The van der Waals surface area contributed by atoms with E-state index in [2.05, 4.69) is 55.7 Å². The van der Waals surface area contributed by atoms with Gasteiger partial charge in [0.2, 0.25) is 0 Å². The molecule has 0 aromatic heterocycles. The van der Waals surface area contributed by atoms with Crippen LogP contribution in [0.15, 0.2) is 18.2 Å². The molecule has 1 N–H and O–H groups in total. The van der Waals surface area contributed by atoms with Gasteiger partial charge in [-0.2, -0.15) is 0 Å². The van der Waals surface area contributed by atoms with E-state index < -0.39 is 0 Å². The van der Waals surface area contributed by atoms with Gasteiger partial charge in [0.1, 0.15) is 12.4 Å². The lowest BCUT2D eigenvalue weighted by Gasteiger charge is -2.38. The van der Waals surface area contributed by atoms with Crippen molar-refractivity contribution < 1.29 is 9.84 Å². The van der Waals surface area contributed by atoms with E-state index in [9.17, 15) is 5.11 Å². The Hall–Kier alpha value is -1.10. The fourth-order valence-electron chi connectivity index (χ4n) is 3.53. The highest BCUT2D eigenvalue weighted by Crippen LogP contribution is 2.23. The molecular weight excluding hydrogens is 300 g/mol. The van der Waals surface area contributed by atoms with E-state index >= 15 is 0 Å². The summed E-state index contributed by atoms with van der Waals surface area (Å²) in [6, 6.07) is 6.76. The number of aliphatic hydroxyl groups excluding tert-OH is 1. The molecule has 1 aromatic carbocycles. The molecule has 1 aliphatic heterocycles. The van der Waals surface area contributed by atoms with Gasteiger partial charge in [-0.3, -0.25) is 9.80 Å². The number of aliphatic hydroxyl groups is 1. The molecular formula is C20H34N2O2. The molecule has 1 fully saturated rings.